The first-order valence-electron chi connectivity index (χ1n) is 18.5. The molecule has 0 N–H and O–H groups in total. The van der Waals surface area contributed by atoms with E-state index in [0.29, 0.717) is 0 Å². The summed E-state index contributed by atoms with van der Waals surface area (Å²) in [4.78, 5) is 0. The van der Waals surface area contributed by atoms with Gasteiger partial charge in [0.15, 0.2) is 0 Å². The minimum Gasteiger partial charge on any atom is -0.0776 e. The Labute approximate surface area is 269 Å². The van der Waals surface area contributed by atoms with Gasteiger partial charge in [-0.1, -0.05) is 175 Å². The van der Waals surface area contributed by atoms with Crippen LogP contribution in [0.15, 0.2) is 36.4 Å². The van der Waals surface area contributed by atoms with E-state index in [1.54, 1.807) is 16.7 Å². The fraction of sp³-hybridized carbons (Fsp3) is 0.721. The molecule has 0 radical (unpaired) electrons. The molecule has 2 aliphatic carbocycles. The maximum atomic E-state index is 2.72. The zero-order chi connectivity index (χ0) is 30.3. The smallest absolute Gasteiger partial charge is 0.00589 e. The van der Waals surface area contributed by atoms with Crippen molar-refractivity contribution in [3.8, 4) is 11.1 Å². The molecule has 1 fully saturated rings. The van der Waals surface area contributed by atoms with Crippen molar-refractivity contribution in [1.82, 2.24) is 0 Å². The first-order chi connectivity index (χ1) is 20.2. The average molecular weight is 587 g/mol. The molecule has 1 saturated carbocycles. The number of aryl methyl sites for hydroxylation is 2. The van der Waals surface area contributed by atoms with Gasteiger partial charge in [-0.3, -0.25) is 0 Å². The maximum Gasteiger partial charge on any atom is 0.00589 e. The molecule has 0 amide bonds. The Bertz CT molecular complexity index is 1110. The minimum atomic E-state index is 0. The van der Waals surface area contributed by atoms with Crippen LogP contribution < -0.4 is 0 Å². The van der Waals surface area contributed by atoms with Gasteiger partial charge in [0.05, 0.1) is 0 Å². The highest BCUT2D eigenvalue weighted by Crippen LogP contribution is 2.66. The summed E-state index contributed by atoms with van der Waals surface area (Å²) in [6.45, 7) is 19.5. The summed E-state index contributed by atoms with van der Waals surface area (Å²) < 4.78 is 0. The molecule has 43 heavy (non-hydrogen) atoms. The number of hydrogen-bond donors (Lipinski definition) is 0. The highest BCUT2D eigenvalue weighted by molar-refractivity contribution is 5.79. The van der Waals surface area contributed by atoms with E-state index in [1.165, 1.54) is 113 Å². The van der Waals surface area contributed by atoms with Gasteiger partial charge in [-0.25, -0.2) is 0 Å². The van der Waals surface area contributed by atoms with Crippen LogP contribution in [-0.4, -0.2) is 0 Å². The predicted molar refractivity (Wildman–Crippen MR) is 193 cm³/mol. The first-order valence-corrected chi connectivity index (χ1v) is 18.5. The Hall–Kier alpha value is -1.56. The van der Waals surface area contributed by atoms with Crippen LogP contribution in [0.25, 0.3) is 11.1 Å². The summed E-state index contributed by atoms with van der Waals surface area (Å²) in [5, 5.41) is 0. The fourth-order valence-corrected chi connectivity index (χ4v) is 9.94. The van der Waals surface area contributed by atoms with Crippen LogP contribution in [0.5, 0.6) is 0 Å². The van der Waals surface area contributed by atoms with Crippen molar-refractivity contribution in [3.63, 3.8) is 0 Å². The minimum absolute atomic E-state index is 0. The van der Waals surface area contributed by atoms with Crippen LogP contribution in [0.2, 0.25) is 0 Å². The van der Waals surface area contributed by atoms with Crippen LogP contribution >= 0.6 is 0 Å². The molecule has 4 rings (SSSR count). The lowest BCUT2D eigenvalue weighted by atomic mass is 9.52. The van der Waals surface area contributed by atoms with Crippen molar-refractivity contribution in [2.75, 3.05) is 0 Å². The van der Waals surface area contributed by atoms with Gasteiger partial charge >= 0.3 is 0 Å². The average Bonchev–Trinajstić information content (AvgIpc) is 3.28. The standard InChI is InChI=1S/C42H66.CH4/c1-9-14-34(15-10-2)20-18-32(7)28-42-30-36(22-21-35(16-11-3)17-12-4)29-41(42,8)39-27-33(13-5)23-25-37(39)38-24-19-31(6)26-40(38)42;/h19,23-27,32,34-36H,9-18,20-22,28-30H2,1-8H3;1H4/t32?,36?,41-,42+;/m0./s1. The molecule has 2 aromatic carbocycles. The molecule has 0 heterocycles. The third-order valence-electron chi connectivity index (χ3n) is 12.0. The van der Waals surface area contributed by atoms with Crippen LogP contribution in [0.1, 0.15) is 174 Å². The van der Waals surface area contributed by atoms with Gasteiger partial charge in [-0.2, -0.15) is 0 Å². The number of benzene rings is 2. The predicted octanol–water partition coefficient (Wildman–Crippen LogP) is 13.8. The van der Waals surface area contributed by atoms with E-state index in [4.69, 9.17) is 0 Å². The van der Waals surface area contributed by atoms with E-state index >= 15 is 0 Å². The largest absolute Gasteiger partial charge is 0.0776 e. The van der Waals surface area contributed by atoms with Crippen molar-refractivity contribution < 1.29 is 0 Å². The third-order valence-corrected chi connectivity index (χ3v) is 12.0. The highest BCUT2D eigenvalue weighted by Gasteiger charge is 2.60. The molecule has 4 atom stereocenters. The van der Waals surface area contributed by atoms with E-state index in [-0.39, 0.29) is 18.3 Å². The van der Waals surface area contributed by atoms with Crippen LogP contribution in [0.4, 0.5) is 0 Å². The van der Waals surface area contributed by atoms with E-state index in [0.717, 1.165) is 30.1 Å². The zero-order valence-electron chi connectivity index (χ0n) is 29.1. The summed E-state index contributed by atoms with van der Waals surface area (Å²) in [6.07, 6.45) is 21.9. The molecule has 0 heteroatoms. The lowest BCUT2D eigenvalue weighted by Gasteiger charge is -2.51. The maximum absolute atomic E-state index is 2.72. The second-order valence-electron chi connectivity index (χ2n) is 15.3. The normalized spacial score (nSPS) is 23.2. The lowest BCUT2D eigenvalue weighted by molar-refractivity contribution is 0.207. The van der Waals surface area contributed by atoms with Crippen molar-refractivity contribution in [2.45, 2.75) is 176 Å². The van der Waals surface area contributed by atoms with E-state index < -0.39 is 0 Å². The van der Waals surface area contributed by atoms with Crippen molar-refractivity contribution in [2.24, 2.45) is 23.7 Å². The Kier molecular flexibility index (Phi) is 13.5. The number of fused-ring (bicyclic) bond motifs is 6. The fourth-order valence-electron chi connectivity index (χ4n) is 9.94. The van der Waals surface area contributed by atoms with E-state index in [1.807, 2.05) is 0 Å². The summed E-state index contributed by atoms with van der Waals surface area (Å²) in [7, 11) is 0. The molecular formula is C43H70. The Balaban J connectivity index is 0.00000506. The molecular weight excluding hydrogens is 516 g/mol. The van der Waals surface area contributed by atoms with Crippen LogP contribution in [0.3, 0.4) is 0 Å². The van der Waals surface area contributed by atoms with Gasteiger partial charge in [0.25, 0.3) is 0 Å². The Morgan fingerprint density at radius 1 is 0.698 bits per heavy atom. The molecule has 0 saturated heterocycles. The van der Waals surface area contributed by atoms with Crippen LogP contribution in [-0.2, 0) is 17.3 Å². The first kappa shape index (κ1) is 35.9. The number of hydrogen-bond acceptors (Lipinski definition) is 0. The highest BCUT2D eigenvalue weighted by atomic mass is 14.6. The second kappa shape index (κ2) is 16.1. The van der Waals surface area contributed by atoms with Crippen molar-refractivity contribution in [1.29, 1.82) is 0 Å². The molecule has 0 aliphatic heterocycles. The quantitative estimate of drug-likeness (QED) is 0.173. The molecule has 0 nitrogen and oxygen atoms in total. The second-order valence-corrected chi connectivity index (χ2v) is 15.3. The third kappa shape index (κ3) is 7.64. The van der Waals surface area contributed by atoms with Gasteiger partial charge < -0.3 is 0 Å². The van der Waals surface area contributed by atoms with Gasteiger partial charge in [0, 0.05) is 10.8 Å². The van der Waals surface area contributed by atoms with Crippen molar-refractivity contribution in [3.05, 3.63) is 58.7 Å². The Morgan fingerprint density at radius 3 is 1.88 bits per heavy atom. The number of rotatable bonds is 17. The van der Waals surface area contributed by atoms with Gasteiger partial charge in [-0.15, -0.1) is 0 Å². The summed E-state index contributed by atoms with van der Waals surface area (Å²) in [5.74, 6) is 3.44. The Morgan fingerprint density at radius 2 is 1.28 bits per heavy atom. The van der Waals surface area contributed by atoms with Gasteiger partial charge in [0.2, 0.25) is 0 Å². The summed E-state index contributed by atoms with van der Waals surface area (Å²) in [6, 6.07) is 15.1. The molecule has 2 unspecified atom stereocenters. The summed E-state index contributed by atoms with van der Waals surface area (Å²) >= 11 is 0. The molecule has 2 aliphatic rings. The van der Waals surface area contributed by atoms with E-state index in [9.17, 15) is 0 Å². The summed E-state index contributed by atoms with van der Waals surface area (Å²) in [5.41, 5.74) is 9.89. The molecule has 0 bridgehead atoms. The zero-order valence-corrected chi connectivity index (χ0v) is 29.1. The lowest BCUT2D eigenvalue weighted by Crippen LogP contribution is -2.47. The SMILES string of the molecule is C.CCCC(CCC)CCC(C)C[C@]12CC(CCC(CCC)CCC)C[C@@]1(C)c1cc(CC)ccc1-c1ccc(C)cc12. The molecule has 0 spiro atoms. The molecule has 0 aromatic heterocycles. The molecule has 242 valence electrons. The van der Waals surface area contributed by atoms with Gasteiger partial charge in [-0.05, 0) is 84.1 Å². The van der Waals surface area contributed by atoms with Crippen LogP contribution in [0, 0.1) is 30.6 Å². The van der Waals surface area contributed by atoms with E-state index in [2.05, 4.69) is 91.8 Å². The molecule has 2 aromatic rings. The monoisotopic (exact) mass is 587 g/mol. The van der Waals surface area contributed by atoms with Crippen molar-refractivity contribution >= 4 is 0 Å². The van der Waals surface area contributed by atoms with Gasteiger partial charge in [0.1, 0.15) is 0 Å². The topological polar surface area (TPSA) is 0 Å².